The Kier molecular flexibility index (Phi) is 5.74. The second-order valence-electron chi connectivity index (χ2n) is 6.00. The zero-order valence-electron chi connectivity index (χ0n) is 14.5. The van der Waals surface area contributed by atoms with Crippen LogP contribution in [-0.4, -0.2) is 23.1 Å². The van der Waals surface area contributed by atoms with Crippen LogP contribution >= 0.6 is 28.1 Å². The molecule has 3 rings (SSSR count). The molecule has 26 heavy (non-hydrogen) atoms. The Bertz CT molecular complexity index is 867. The molecule has 0 amide bonds. The lowest BCUT2D eigenvalue weighted by Crippen LogP contribution is -2.47. The van der Waals surface area contributed by atoms with Gasteiger partial charge in [-0.2, -0.15) is 0 Å². The molecule has 1 N–H and O–H groups in total. The van der Waals surface area contributed by atoms with E-state index < -0.39 is 0 Å². The van der Waals surface area contributed by atoms with Gasteiger partial charge >= 0.3 is 5.97 Å². The molecule has 1 aliphatic heterocycles. The summed E-state index contributed by atoms with van der Waals surface area (Å²) in [5.74, 6) is -0.361. The lowest BCUT2D eigenvalue weighted by molar-refractivity contribution is -0.136. The summed E-state index contributed by atoms with van der Waals surface area (Å²) in [5, 5.41) is 3.89. The summed E-state index contributed by atoms with van der Waals surface area (Å²) >= 11 is 9.09. The quantitative estimate of drug-likeness (QED) is 0.577. The van der Waals surface area contributed by atoms with E-state index >= 15 is 0 Å². The minimum Gasteiger partial charge on any atom is -0.466 e. The van der Waals surface area contributed by atoms with Crippen molar-refractivity contribution in [1.29, 1.82) is 0 Å². The molecule has 0 aromatic heterocycles. The molecule has 0 fully saturated rings. The van der Waals surface area contributed by atoms with E-state index in [0.717, 1.165) is 21.3 Å². The Hall–Kier alpha value is -2.18. The molecule has 1 aliphatic rings. The molecule has 0 bridgehead atoms. The third-order valence-electron chi connectivity index (χ3n) is 4.37. The maximum absolute atomic E-state index is 12.5. The Morgan fingerprint density at radius 1 is 1.23 bits per heavy atom. The molecule has 0 saturated heterocycles. The van der Waals surface area contributed by atoms with Crippen molar-refractivity contribution in [2.75, 3.05) is 7.11 Å². The van der Waals surface area contributed by atoms with Gasteiger partial charge in [0.15, 0.2) is 5.11 Å². The number of methoxy groups -OCH3 is 1. The zero-order chi connectivity index (χ0) is 18.7. The first kappa shape index (κ1) is 18.6. The van der Waals surface area contributed by atoms with E-state index in [1.165, 1.54) is 7.11 Å². The van der Waals surface area contributed by atoms with E-state index in [1.54, 1.807) is 0 Å². The predicted octanol–water partition coefficient (Wildman–Crippen LogP) is 4.33. The number of hydrogen-bond donors (Lipinski definition) is 1. The highest BCUT2D eigenvalue weighted by Crippen LogP contribution is 2.33. The highest BCUT2D eigenvalue weighted by atomic mass is 79.9. The van der Waals surface area contributed by atoms with Crippen LogP contribution in [0, 0.1) is 0 Å². The van der Waals surface area contributed by atoms with Crippen molar-refractivity contribution in [3.8, 4) is 0 Å². The van der Waals surface area contributed by atoms with Gasteiger partial charge in [0.2, 0.25) is 0 Å². The molecule has 4 nitrogen and oxygen atoms in total. The fraction of sp³-hybridized carbons (Fsp3) is 0.200. The average molecular weight is 431 g/mol. The molecule has 1 heterocycles. The molecule has 0 radical (unpaired) electrons. The molecule has 0 spiro atoms. The smallest absolute Gasteiger partial charge is 0.337 e. The van der Waals surface area contributed by atoms with Crippen LogP contribution in [-0.2, 0) is 16.1 Å². The van der Waals surface area contributed by atoms with Crippen molar-refractivity contribution >= 4 is 39.2 Å². The third kappa shape index (κ3) is 3.81. The van der Waals surface area contributed by atoms with E-state index in [-0.39, 0.29) is 12.0 Å². The van der Waals surface area contributed by atoms with E-state index in [0.29, 0.717) is 17.2 Å². The van der Waals surface area contributed by atoms with Crippen LogP contribution in [0.25, 0.3) is 0 Å². The maximum Gasteiger partial charge on any atom is 0.337 e. The second-order valence-corrected chi connectivity index (χ2v) is 7.30. The van der Waals surface area contributed by atoms with Gasteiger partial charge in [-0.1, -0.05) is 58.4 Å². The largest absolute Gasteiger partial charge is 0.466 e. The molecule has 6 heteroatoms. The summed E-state index contributed by atoms with van der Waals surface area (Å²) < 4.78 is 6.00. The fourth-order valence-corrected chi connectivity index (χ4v) is 3.78. The van der Waals surface area contributed by atoms with Crippen LogP contribution in [0.2, 0.25) is 0 Å². The topological polar surface area (TPSA) is 41.6 Å². The lowest BCUT2D eigenvalue weighted by atomic mass is 9.95. The van der Waals surface area contributed by atoms with E-state index in [1.807, 2.05) is 66.4 Å². The number of halogens is 1. The lowest BCUT2D eigenvalue weighted by Gasteiger charge is -2.37. The number of esters is 1. The van der Waals surface area contributed by atoms with Crippen molar-refractivity contribution in [1.82, 2.24) is 10.2 Å². The monoisotopic (exact) mass is 430 g/mol. The first-order valence-corrected chi connectivity index (χ1v) is 9.38. The average Bonchev–Trinajstić information content (AvgIpc) is 2.65. The van der Waals surface area contributed by atoms with Crippen molar-refractivity contribution in [2.45, 2.75) is 19.5 Å². The summed E-state index contributed by atoms with van der Waals surface area (Å²) in [4.78, 5) is 14.5. The van der Waals surface area contributed by atoms with Crippen molar-refractivity contribution in [3.05, 3.63) is 81.5 Å². The summed E-state index contributed by atoms with van der Waals surface area (Å²) in [7, 11) is 1.40. The van der Waals surface area contributed by atoms with Gasteiger partial charge in [-0.15, -0.1) is 0 Å². The molecular weight excluding hydrogens is 412 g/mol. The molecule has 1 atom stereocenters. The van der Waals surface area contributed by atoms with Crippen molar-refractivity contribution < 1.29 is 9.53 Å². The molecular formula is C20H19BrN2O2S. The highest BCUT2D eigenvalue weighted by molar-refractivity contribution is 9.10. The van der Waals surface area contributed by atoms with Gasteiger partial charge in [0.1, 0.15) is 0 Å². The number of rotatable bonds is 4. The van der Waals surface area contributed by atoms with Gasteiger partial charge in [-0.25, -0.2) is 4.79 Å². The van der Waals surface area contributed by atoms with Crippen LogP contribution in [0.5, 0.6) is 0 Å². The summed E-state index contributed by atoms with van der Waals surface area (Å²) in [5.41, 5.74) is 3.42. The Morgan fingerprint density at radius 3 is 2.62 bits per heavy atom. The van der Waals surface area contributed by atoms with Crippen molar-refractivity contribution in [3.63, 3.8) is 0 Å². The van der Waals surface area contributed by atoms with Crippen molar-refractivity contribution in [2.24, 2.45) is 0 Å². The Balaban J connectivity index is 2.03. The minimum absolute atomic E-state index is 0.348. The van der Waals surface area contributed by atoms with E-state index in [9.17, 15) is 4.79 Å². The molecule has 2 aromatic carbocycles. The number of ether oxygens (including phenoxy) is 1. The van der Waals surface area contributed by atoms with Gasteiger partial charge in [0.05, 0.1) is 18.7 Å². The van der Waals surface area contributed by atoms with Gasteiger partial charge < -0.3 is 15.0 Å². The number of nitrogens with one attached hydrogen (secondary N) is 1. The van der Waals surface area contributed by atoms with E-state index in [2.05, 4.69) is 21.2 Å². The molecule has 1 unspecified atom stereocenters. The molecule has 2 aromatic rings. The predicted molar refractivity (Wildman–Crippen MR) is 109 cm³/mol. The van der Waals surface area contributed by atoms with Crippen LogP contribution in [0.3, 0.4) is 0 Å². The van der Waals surface area contributed by atoms with Gasteiger partial charge in [0.25, 0.3) is 0 Å². The summed E-state index contributed by atoms with van der Waals surface area (Å²) in [6.07, 6.45) is 0. The fourth-order valence-electron chi connectivity index (χ4n) is 3.05. The second kappa shape index (κ2) is 8.01. The first-order valence-electron chi connectivity index (χ1n) is 8.17. The Labute approximate surface area is 167 Å². The van der Waals surface area contributed by atoms with Crippen LogP contribution < -0.4 is 5.32 Å². The number of carbonyl (C=O) groups excluding carboxylic acids is 1. The highest BCUT2D eigenvalue weighted by Gasteiger charge is 2.34. The summed E-state index contributed by atoms with van der Waals surface area (Å²) in [6.45, 7) is 2.50. The third-order valence-corrected chi connectivity index (χ3v) is 5.20. The van der Waals surface area contributed by atoms with E-state index in [4.69, 9.17) is 17.0 Å². The number of hydrogen-bond acceptors (Lipinski definition) is 3. The van der Waals surface area contributed by atoms with Gasteiger partial charge in [-0.3, -0.25) is 0 Å². The number of benzene rings is 2. The normalized spacial score (nSPS) is 17.1. The molecule has 0 aliphatic carbocycles. The minimum atomic E-state index is -0.361. The zero-order valence-corrected chi connectivity index (χ0v) is 16.9. The van der Waals surface area contributed by atoms with Crippen LogP contribution in [0.15, 0.2) is 70.3 Å². The standard InChI is InChI=1S/C20H19BrN2O2S/c1-13-17(19(24)25-2)18(15-9-6-10-16(21)11-15)22-20(26)23(13)12-14-7-4-3-5-8-14/h3-11,18H,12H2,1-2H3,(H,22,26). The molecule has 134 valence electrons. The number of carbonyl (C=O) groups is 1. The number of nitrogens with zero attached hydrogens (tertiary/aromatic N) is 1. The summed E-state index contributed by atoms with van der Waals surface area (Å²) in [6, 6.07) is 17.5. The number of thiocarbonyl (C=S) groups is 1. The Morgan fingerprint density at radius 2 is 1.96 bits per heavy atom. The SMILES string of the molecule is COC(=O)C1=C(C)N(Cc2ccccc2)C(=S)NC1c1cccc(Br)c1. The maximum atomic E-state index is 12.5. The number of allylic oxidation sites excluding steroid dienone is 1. The van der Waals surface area contributed by atoms with Gasteiger partial charge in [-0.05, 0) is 42.4 Å². The first-order chi connectivity index (χ1) is 12.5. The van der Waals surface area contributed by atoms with Crippen LogP contribution in [0.4, 0.5) is 0 Å². The van der Waals surface area contributed by atoms with Crippen LogP contribution in [0.1, 0.15) is 24.1 Å². The van der Waals surface area contributed by atoms with Gasteiger partial charge in [0, 0.05) is 16.7 Å². The molecule has 0 saturated carbocycles.